The van der Waals surface area contributed by atoms with Crippen LogP contribution in [0.3, 0.4) is 0 Å². The molecule has 2 nitrogen and oxygen atoms in total. The molecule has 0 radical (unpaired) electrons. The normalized spacial score (nSPS) is 41.7. The summed E-state index contributed by atoms with van der Waals surface area (Å²) in [6, 6.07) is 0.742. The fourth-order valence-electron chi connectivity index (χ4n) is 2.02. The zero-order chi connectivity index (χ0) is 6.97. The third-order valence-corrected chi connectivity index (χ3v) is 2.91. The Kier molecular flexibility index (Phi) is 1.89. The molecule has 2 aliphatic rings. The monoisotopic (exact) mass is 158 g/mol. The fraction of sp³-hybridized carbons (Fsp3) is 1.00. The van der Waals surface area contributed by atoms with Gasteiger partial charge in [0.25, 0.3) is 0 Å². The number of hydrogen-bond acceptors (Lipinski definition) is 3. The van der Waals surface area contributed by atoms with Crippen LogP contribution in [0.25, 0.3) is 0 Å². The van der Waals surface area contributed by atoms with Crippen molar-refractivity contribution in [2.45, 2.75) is 18.9 Å². The van der Waals surface area contributed by atoms with Crippen LogP contribution in [0.1, 0.15) is 12.8 Å². The first-order chi connectivity index (χ1) is 4.86. The zero-order valence-electron chi connectivity index (χ0n) is 6.08. The van der Waals surface area contributed by atoms with Crippen LogP contribution in [0.2, 0.25) is 0 Å². The molecule has 2 atom stereocenters. The van der Waals surface area contributed by atoms with Crippen LogP contribution in [-0.4, -0.2) is 30.0 Å². The SMILES string of the molecule is SN1CC2CCCNC2C1. The standard InChI is InChI=1S/C7H14N2S/c10-9-4-6-2-1-3-8-7(6)5-9/h6-8,10H,1-5H2. The Balaban J connectivity index is 1.97. The number of hydrogen-bond donors (Lipinski definition) is 2. The van der Waals surface area contributed by atoms with E-state index in [0.29, 0.717) is 0 Å². The molecular formula is C7H14N2S. The second-order valence-corrected chi connectivity index (χ2v) is 3.90. The molecule has 0 aromatic carbocycles. The van der Waals surface area contributed by atoms with E-state index in [4.69, 9.17) is 0 Å². The second-order valence-electron chi connectivity index (χ2n) is 3.33. The Labute approximate surface area is 67.5 Å². The van der Waals surface area contributed by atoms with Crippen molar-refractivity contribution < 1.29 is 0 Å². The molecule has 2 fully saturated rings. The van der Waals surface area contributed by atoms with Gasteiger partial charge < -0.3 is 5.32 Å². The highest BCUT2D eigenvalue weighted by molar-refractivity contribution is 7.77. The molecule has 0 aromatic heterocycles. The van der Waals surface area contributed by atoms with Gasteiger partial charge in [-0.25, -0.2) is 0 Å². The molecule has 2 rings (SSSR count). The summed E-state index contributed by atoms with van der Waals surface area (Å²) in [5.41, 5.74) is 0. The van der Waals surface area contributed by atoms with Crippen molar-refractivity contribution in [3.8, 4) is 0 Å². The van der Waals surface area contributed by atoms with E-state index in [1.807, 2.05) is 0 Å². The van der Waals surface area contributed by atoms with Crippen molar-refractivity contribution in [2.75, 3.05) is 19.6 Å². The average molecular weight is 158 g/mol. The van der Waals surface area contributed by atoms with Gasteiger partial charge in [-0.15, -0.1) is 0 Å². The lowest BCUT2D eigenvalue weighted by molar-refractivity contribution is 0.339. The molecule has 1 N–H and O–H groups in total. The van der Waals surface area contributed by atoms with Crippen LogP contribution in [0.15, 0.2) is 0 Å². The molecule has 0 spiro atoms. The predicted octanol–water partition coefficient (Wildman–Crippen LogP) is 0.515. The number of nitrogens with one attached hydrogen (secondary N) is 1. The maximum Gasteiger partial charge on any atom is 0.0245 e. The Morgan fingerprint density at radius 1 is 1.40 bits per heavy atom. The Morgan fingerprint density at radius 3 is 3.10 bits per heavy atom. The van der Waals surface area contributed by atoms with Crippen molar-refractivity contribution in [3.63, 3.8) is 0 Å². The van der Waals surface area contributed by atoms with Gasteiger partial charge in [0.05, 0.1) is 0 Å². The van der Waals surface area contributed by atoms with Crippen LogP contribution in [0.5, 0.6) is 0 Å². The van der Waals surface area contributed by atoms with Gasteiger partial charge in [0, 0.05) is 19.1 Å². The van der Waals surface area contributed by atoms with Crippen LogP contribution in [0.4, 0.5) is 0 Å². The highest BCUT2D eigenvalue weighted by Gasteiger charge is 2.32. The zero-order valence-corrected chi connectivity index (χ0v) is 6.98. The molecule has 2 saturated heterocycles. The maximum atomic E-state index is 4.34. The quantitative estimate of drug-likeness (QED) is 0.500. The minimum absolute atomic E-state index is 0.742. The Morgan fingerprint density at radius 2 is 2.30 bits per heavy atom. The summed E-state index contributed by atoms with van der Waals surface area (Å²) >= 11 is 4.34. The van der Waals surface area contributed by atoms with Crippen LogP contribution in [-0.2, 0) is 0 Å². The van der Waals surface area contributed by atoms with E-state index in [1.165, 1.54) is 25.9 Å². The first kappa shape index (κ1) is 6.95. The van der Waals surface area contributed by atoms with Gasteiger partial charge in [0.1, 0.15) is 0 Å². The van der Waals surface area contributed by atoms with Crippen molar-refractivity contribution >= 4 is 12.8 Å². The van der Waals surface area contributed by atoms with Gasteiger partial charge in [-0.05, 0) is 25.3 Å². The summed E-state index contributed by atoms with van der Waals surface area (Å²) in [5, 5.41) is 3.52. The van der Waals surface area contributed by atoms with E-state index in [-0.39, 0.29) is 0 Å². The Bertz CT molecular complexity index is 115. The number of nitrogens with zero attached hydrogens (tertiary/aromatic N) is 1. The van der Waals surface area contributed by atoms with Crippen LogP contribution >= 0.6 is 12.8 Å². The summed E-state index contributed by atoms with van der Waals surface area (Å²) in [6.07, 6.45) is 2.75. The van der Waals surface area contributed by atoms with E-state index in [0.717, 1.165) is 18.5 Å². The van der Waals surface area contributed by atoms with E-state index < -0.39 is 0 Å². The average Bonchev–Trinajstić information content (AvgIpc) is 2.27. The molecule has 2 aliphatic heterocycles. The Hall–Kier alpha value is 0.270. The van der Waals surface area contributed by atoms with Crippen molar-refractivity contribution in [1.29, 1.82) is 0 Å². The van der Waals surface area contributed by atoms with Crippen molar-refractivity contribution in [3.05, 3.63) is 0 Å². The minimum Gasteiger partial charge on any atom is -0.312 e. The summed E-state index contributed by atoms with van der Waals surface area (Å²) in [5.74, 6) is 0.881. The molecule has 0 bridgehead atoms. The first-order valence-electron chi connectivity index (χ1n) is 4.03. The highest BCUT2D eigenvalue weighted by atomic mass is 32.1. The minimum atomic E-state index is 0.742. The molecule has 0 aliphatic carbocycles. The summed E-state index contributed by atoms with van der Waals surface area (Å²) in [4.78, 5) is 0. The second kappa shape index (κ2) is 2.72. The smallest absolute Gasteiger partial charge is 0.0245 e. The van der Waals surface area contributed by atoms with Gasteiger partial charge in [-0.3, -0.25) is 4.31 Å². The van der Waals surface area contributed by atoms with E-state index >= 15 is 0 Å². The molecule has 2 heterocycles. The van der Waals surface area contributed by atoms with E-state index in [9.17, 15) is 0 Å². The van der Waals surface area contributed by atoms with Gasteiger partial charge in [-0.1, -0.05) is 12.8 Å². The highest BCUT2D eigenvalue weighted by Crippen LogP contribution is 2.25. The van der Waals surface area contributed by atoms with Crippen LogP contribution in [0, 0.1) is 5.92 Å². The van der Waals surface area contributed by atoms with Gasteiger partial charge in [-0.2, -0.15) is 0 Å². The molecule has 0 saturated carbocycles. The first-order valence-corrected chi connectivity index (χ1v) is 4.43. The fourth-order valence-corrected chi connectivity index (χ4v) is 2.41. The van der Waals surface area contributed by atoms with Gasteiger partial charge >= 0.3 is 0 Å². The number of rotatable bonds is 0. The molecule has 10 heavy (non-hydrogen) atoms. The van der Waals surface area contributed by atoms with Gasteiger partial charge in [0.2, 0.25) is 0 Å². The largest absolute Gasteiger partial charge is 0.312 e. The molecule has 58 valence electrons. The lowest BCUT2D eigenvalue weighted by atomic mass is 9.94. The lowest BCUT2D eigenvalue weighted by Crippen LogP contribution is -2.40. The number of thiol groups is 1. The molecule has 0 aromatic rings. The lowest BCUT2D eigenvalue weighted by Gasteiger charge is -2.24. The topological polar surface area (TPSA) is 15.3 Å². The van der Waals surface area contributed by atoms with Gasteiger partial charge in [0.15, 0.2) is 0 Å². The van der Waals surface area contributed by atoms with E-state index in [2.05, 4.69) is 22.4 Å². The summed E-state index contributed by atoms with van der Waals surface area (Å²) in [7, 11) is 0. The van der Waals surface area contributed by atoms with Crippen molar-refractivity contribution in [1.82, 2.24) is 9.62 Å². The van der Waals surface area contributed by atoms with E-state index in [1.54, 1.807) is 0 Å². The molecule has 0 amide bonds. The van der Waals surface area contributed by atoms with Crippen molar-refractivity contribution in [2.24, 2.45) is 5.92 Å². The maximum absolute atomic E-state index is 4.34. The number of fused-ring (bicyclic) bond motifs is 1. The number of piperidine rings is 1. The predicted molar refractivity (Wildman–Crippen MR) is 45.1 cm³/mol. The molecule has 2 unspecified atom stereocenters. The summed E-state index contributed by atoms with van der Waals surface area (Å²) in [6.45, 7) is 3.53. The molecule has 3 heteroatoms. The third-order valence-electron chi connectivity index (χ3n) is 2.58. The summed E-state index contributed by atoms with van der Waals surface area (Å²) < 4.78 is 2.13. The third kappa shape index (κ3) is 1.18. The van der Waals surface area contributed by atoms with Crippen LogP contribution < -0.4 is 5.32 Å². The molecular weight excluding hydrogens is 144 g/mol.